The van der Waals surface area contributed by atoms with E-state index in [1.807, 2.05) is 0 Å². The summed E-state index contributed by atoms with van der Waals surface area (Å²) in [6, 6.07) is 52.7. The van der Waals surface area contributed by atoms with Crippen molar-refractivity contribution in [1.29, 1.82) is 0 Å². The Morgan fingerprint density at radius 1 is 0.279 bits per heavy atom. The molecule has 68 heavy (non-hydrogen) atoms. The average Bonchev–Trinajstić information content (AvgIpc) is 3.31. The molecule has 2 heteroatoms. The summed E-state index contributed by atoms with van der Waals surface area (Å²) >= 11 is 0. The molecular weight excluding hydrogens is 821 g/mol. The van der Waals surface area contributed by atoms with Crippen molar-refractivity contribution >= 4 is 55.7 Å². The van der Waals surface area contributed by atoms with Crippen LogP contribution in [-0.4, -0.2) is 0 Å². The minimum Gasteiger partial charge on any atom is -0.310 e. The Labute approximate surface area is 411 Å². The minimum atomic E-state index is 0.0802. The van der Waals surface area contributed by atoms with Crippen LogP contribution in [0.25, 0.3) is 21.5 Å². The lowest BCUT2D eigenvalue weighted by Gasteiger charge is -2.33. The van der Waals surface area contributed by atoms with E-state index in [1.54, 1.807) is 11.1 Å². The Morgan fingerprint density at radius 3 is 0.750 bits per heavy atom. The molecule has 9 rings (SSSR count). The van der Waals surface area contributed by atoms with Crippen LogP contribution in [-0.2, 0) is 21.7 Å². The van der Waals surface area contributed by atoms with Crippen molar-refractivity contribution in [1.82, 2.24) is 0 Å². The maximum Gasteiger partial charge on any atom is 0.0468 e. The van der Waals surface area contributed by atoms with Gasteiger partial charge in [-0.25, -0.2) is 0 Å². The predicted octanol–water partition coefficient (Wildman–Crippen LogP) is 20.2. The first-order chi connectivity index (χ1) is 32.3. The number of rotatable bonds is 8. The topological polar surface area (TPSA) is 6.48 Å². The lowest BCUT2D eigenvalue weighted by atomic mass is 9.74. The molecule has 2 fully saturated rings. The van der Waals surface area contributed by atoms with Crippen molar-refractivity contribution in [2.45, 2.75) is 181 Å². The van der Waals surface area contributed by atoms with Gasteiger partial charge in [0.25, 0.3) is 0 Å². The van der Waals surface area contributed by atoms with E-state index in [9.17, 15) is 0 Å². The van der Waals surface area contributed by atoms with E-state index < -0.39 is 0 Å². The van der Waals surface area contributed by atoms with Gasteiger partial charge in [0.1, 0.15) is 0 Å². The molecule has 2 aliphatic carbocycles. The molecule has 0 amide bonds. The van der Waals surface area contributed by atoms with Gasteiger partial charge in [-0.05, 0) is 187 Å². The summed E-state index contributed by atoms with van der Waals surface area (Å²) in [7, 11) is 0. The van der Waals surface area contributed by atoms with Gasteiger partial charge < -0.3 is 9.80 Å². The zero-order chi connectivity index (χ0) is 48.2. The molecule has 2 nitrogen and oxygen atoms in total. The van der Waals surface area contributed by atoms with Gasteiger partial charge in [-0.1, -0.05) is 182 Å². The van der Waals surface area contributed by atoms with Crippen LogP contribution in [0.15, 0.2) is 133 Å². The van der Waals surface area contributed by atoms with Gasteiger partial charge in [-0.15, -0.1) is 0 Å². The van der Waals surface area contributed by atoms with E-state index in [-0.39, 0.29) is 21.7 Å². The molecule has 0 bridgehead atoms. The van der Waals surface area contributed by atoms with E-state index in [0.29, 0.717) is 11.8 Å². The molecule has 0 unspecified atom stereocenters. The normalized spacial score (nSPS) is 15.8. The van der Waals surface area contributed by atoms with E-state index in [1.165, 1.54) is 142 Å². The molecule has 2 aliphatic rings. The molecule has 0 heterocycles. The molecule has 0 N–H and O–H groups in total. The highest BCUT2D eigenvalue weighted by atomic mass is 15.1. The molecular formula is C66H80N2. The Kier molecular flexibility index (Phi) is 13.0. The zero-order valence-corrected chi connectivity index (χ0v) is 43.8. The van der Waals surface area contributed by atoms with Gasteiger partial charge >= 0.3 is 0 Å². The number of nitrogens with zero attached hydrogens (tertiary/aromatic N) is 2. The first-order valence-electron chi connectivity index (χ1n) is 26.3. The van der Waals surface area contributed by atoms with Crippen molar-refractivity contribution in [3.05, 3.63) is 167 Å². The molecule has 2 saturated carbocycles. The number of benzene rings is 7. The van der Waals surface area contributed by atoms with Crippen molar-refractivity contribution in [2.24, 2.45) is 0 Å². The maximum absolute atomic E-state index is 2.61. The second kappa shape index (κ2) is 18.5. The lowest BCUT2D eigenvalue weighted by Crippen LogP contribution is -2.15. The fraction of sp³-hybridized carbons (Fsp3) is 0.424. The molecule has 0 radical (unpaired) electrons. The van der Waals surface area contributed by atoms with Crippen molar-refractivity contribution in [3.63, 3.8) is 0 Å². The van der Waals surface area contributed by atoms with Gasteiger partial charge in [0, 0.05) is 34.1 Å². The van der Waals surface area contributed by atoms with Gasteiger partial charge in [-0.3, -0.25) is 0 Å². The maximum atomic E-state index is 2.61. The summed E-state index contributed by atoms with van der Waals surface area (Å²) in [6.07, 6.45) is 12.8. The van der Waals surface area contributed by atoms with Crippen LogP contribution < -0.4 is 9.80 Å². The van der Waals surface area contributed by atoms with Crippen molar-refractivity contribution < 1.29 is 0 Å². The zero-order valence-electron chi connectivity index (χ0n) is 43.8. The van der Waals surface area contributed by atoms with Crippen LogP contribution >= 0.6 is 0 Å². The minimum absolute atomic E-state index is 0.0802. The molecule has 354 valence electrons. The third-order valence-electron chi connectivity index (χ3n) is 15.7. The van der Waals surface area contributed by atoms with E-state index in [0.717, 1.165) is 0 Å². The number of hydrogen-bond donors (Lipinski definition) is 0. The Morgan fingerprint density at radius 2 is 0.515 bits per heavy atom. The predicted molar refractivity (Wildman–Crippen MR) is 297 cm³/mol. The van der Waals surface area contributed by atoms with Crippen LogP contribution in [0.5, 0.6) is 0 Å². The molecule has 0 aliphatic heterocycles. The second-order valence-corrected chi connectivity index (χ2v) is 24.8. The van der Waals surface area contributed by atoms with Crippen molar-refractivity contribution in [2.75, 3.05) is 9.80 Å². The van der Waals surface area contributed by atoms with Gasteiger partial charge in [0.05, 0.1) is 0 Å². The van der Waals surface area contributed by atoms with Crippen molar-refractivity contribution in [3.8, 4) is 0 Å². The molecule has 0 saturated heterocycles. The highest BCUT2D eigenvalue weighted by Crippen LogP contribution is 2.50. The number of fused-ring (bicyclic) bond motifs is 2. The average molecular weight is 901 g/mol. The third-order valence-corrected chi connectivity index (χ3v) is 15.7. The van der Waals surface area contributed by atoms with Crippen LogP contribution in [0.3, 0.4) is 0 Å². The molecule has 0 spiro atoms. The fourth-order valence-corrected chi connectivity index (χ4v) is 11.5. The highest BCUT2D eigenvalue weighted by molar-refractivity contribution is 6.09. The fourth-order valence-electron chi connectivity index (χ4n) is 11.5. The number of hydrogen-bond acceptors (Lipinski definition) is 2. The monoisotopic (exact) mass is 901 g/mol. The molecule has 0 aromatic heterocycles. The molecule has 0 atom stereocenters. The van der Waals surface area contributed by atoms with Crippen LogP contribution in [0, 0.1) is 0 Å². The molecule has 7 aromatic carbocycles. The van der Waals surface area contributed by atoms with Gasteiger partial charge in [0.2, 0.25) is 0 Å². The Bertz CT molecular complexity index is 2520. The van der Waals surface area contributed by atoms with E-state index >= 15 is 0 Å². The van der Waals surface area contributed by atoms with Crippen LogP contribution in [0.4, 0.5) is 34.1 Å². The van der Waals surface area contributed by atoms with Crippen LogP contribution in [0.1, 0.15) is 193 Å². The van der Waals surface area contributed by atoms with E-state index in [4.69, 9.17) is 0 Å². The summed E-state index contributed by atoms with van der Waals surface area (Å²) in [5, 5.41) is 5.86. The Balaban J connectivity index is 1.29. The summed E-state index contributed by atoms with van der Waals surface area (Å²) in [5.74, 6) is 1.04. The lowest BCUT2D eigenvalue weighted by molar-refractivity contribution is 0.445. The van der Waals surface area contributed by atoms with Gasteiger partial charge in [-0.2, -0.15) is 0 Å². The first kappa shape index (κ1) is 47.7. The highest BCUT2D eigenvalue weighted by Gasteiger charge is 2.29. The second-order valence-electron chi connectivity index (χ2n) is 24.8. The smallest absolute Gasteiger partial charge is 0.0468 e. The quantitative estimate of drug-likeness (QED) is 0.140. The summed E-state index contributed by atoms with van der Waals surface area (Å²) in [6.45, 7) is 27.7. The first-order valence-corrected chi connectivity index (χ1v) is 26.3. The SMILES string of the molecule is CC(C)(C)c1ccc(N(c2ccc(C(C)(C)C)cc2)c2ccc3c(C4CCCCC4)c4cc(N(c5ccc(C(C)(C)C)cc5)c5ccc(C(C)(C)C)cc5)ccc4c(C4CCCCC4)c3c2)cc1. The molecule has 7 aromatic rings. The third kappa shape index (κ3) is 9.77. The largest absolute Gasteiger partial charge is 0.310 e. The Hall–Kier alpha value is -5.34. The van der Waals surface area contributed by atoms with E-state index in [2.05, 4.69) is 226 Å². The standard InChI is InChI=1S/C66H80N2/c1-63(2,3)47-23-31-51(32-24-47)67(52-33-25-48(26-34-52)64(4,5)6)55-39-41-57-59(43-55)61(45-19-15-13-16-20-45)58-42-40-56(44-60(58)62(57)46-21-17-14-18-22-46)68(53-35-27-49(28-36-53)65(7,8)9)54-37-29-50(30-38-54)66(10,11)12/h23-46H,13-22H2,1-12H3. The van der Waals surface area contributed by atoms with Crippen LogP contribution in [0.2, 0.25) is 0 Å². The summed E-state index contributed by atoms with van der Waals surface area (Å²) < 4.78 is 0. The summed E-state index contributed by atoms with van der Waals surface area (Å²) in [4.78, 5) is 5.04. The number of anilines is 6. The van der Waals surface area contributed by atoms with Gasteiger partial charge in [0.15, 0.2) is 0 Å². The summed E-state index contributed by atoms with van der Waals surface area (Å²) in [5.41, 5.74) is 16.1.